The van der Waals surface area contributed by atoms with Crippen molar-refractivity contribution in [2.75, 3.05) is 66.8 Å². The minimum Gasteiger partial charge on any atom is -0.396 e. The quantitative estimate of drug-likeness (QED) is 0.0381. The summed E-state index contributed by atoms with van der Waals surface area (Å²) >= 11 is 0. The van der Waals surface area contributed by atoms with Gasteiger partial charge in [-0.25, -0.2) is 0 Å². The molecule has 0 aromatic carbocycles. The van der Waals surface area contributed by atoms with Gasteiger partial charge in [0, 0.05) is 48.5 Å². The van der Waals surface area contributed by atoms with E-state index >= 15 is 0 Å². The van der Waals surface area contributed by atoms with Crippen molar-refractivity contribution in [1.82, 2.24) is 0 Å². The van der Waals surface area contributed by atoms with E-state index in [0.29, 0.717) is 25.9 Å². The molecule has 7 nitrogen and oxygen atoms in total. The summed E-state index contributed by atoms with van der Waals surface area (Å²) in [6.45, 7) is 17.3. The lowest BCUT2D eigenvalue weighted by atomic mass is 9.97. The highest BCUT2D eigenvalue weighted by molar-refractivity contribution is 6.60. The average Bonchev–Trinajstić information content (AvgIpc) is 2.99. The molecular weight excluding hydrogens is 582 g/mol. The van der Waals surface area contributed by atoms with E-state index in [2.05, 4.69) is 21.0 Å². The van der Waals surface area contributed by atoms with Gasteiger partial charge >= 0.3 is 8.80 Å². The molecule has 0 aromatic heterocycles. The zero-order valence-corrected chi connectivity index (χ0v) is 32.7. The summed E-state index contributed by atoms with van der Waals surface area (Å²) in [4.78, 5) is 0. The normalized spacial score (nSPS) is 13.6. The Morgan fingerprint density at radius 3 is 1.07 bits per heavy atom. The Kier molecular flexibility index (Phi) is 24.1. The van der Waals surface area contributed by atoms with E-state index in [0.717, 1.165) is 24.0 Å². The SMILES string of the molecule is CCCCCCCCCCCCCCCCC[N+](C)(C)CCC[Si](OCC(C)(C)CO)(OCC(C)(C)CO)OCC(C)(C)CO. The third-order valence-corrected chi connectivity index (χ3v) is 11.7. The Morgan fingerprint density at radius 2 is 0.756 bits per heavy atom. The predicted molar refractivity (Wildman–Crippen MR) is 192 cm³/mol. The summed E-state index contributed by atoms with van der Waals surface area (Å²) in [7, 11) is 1.44. The molecule has 8 heteroatoms. The van der Waals surface area contributed by atoms with Crippen LogP contribution >= 0.6 is 0 Å². The number of rotatable bonds is 32. The lowest BCUT2D eigenvalue weighted by Gasteiger charge is -2.38. The van der Waals surface area contributed by atoms with E-state index < -0.39 is 25.0 Å². The molecule has 0 rings (SSSR count). The van der Waals surface area contributed by atoms with Crippen LogP contribution in [0.3, 0.4) is 0 Å². The molecular formula is C37H80NO6Si+. The fourth-order valence-corrected chi connectivity index (χ4v) is 8.25. The van der Waals surface area contributed by atoms with Crippen molar-refractivity contribution in [1.29, 1.82) is 0 Å². The Labute approximate surface area is 281 Å². The van der Waals surface area contributed by atoms with Crippen LogP contribution in [-0.4, -0.2) is 95.4 Å². The van der Waals surface area contributed by atoms with E-state index in [4.69, 9.17) is 13.3 Å². The number of aliphatic hydroxyl groups excluding tert-OH is 3. The van der Waals surface area contributed by atoms with Crippen LogP contribution in [0.25, 0.3) is 0 Å². The molecule has 3 N–H and O–H groups in total. The third kappa shape index (κ3) is 24.7. The molecule has 0 bridgehead atoms. The number of hydrogen-bond donors (Lipinski definition) is 3. The standard InChI is InChI=1S/C37H80NO6Si/c1-10-11-12-13-14-15-16-17-18-19-20-21-22-23-24-26-38(8,9)27-25-28-45(42-32-35(2,3)29-39,43-33-36(4,5)30-40)44-34-37(6,7)31-41/h39-41H,10-34H2,1-9H3/q+1. The molecule has 0 spiro atoms. The Morgan fingerprint density at radius 1 is 0.467 bits per heavy atom. The first-order chi connectivity index (χ1) is 21.1. The number of nitrogens with zero attached hydrogens (tertiary/aromatic N) is 1. The molecule has 0 aliphatic heterocycles. The molecule has 0 radical (unpaired) electrons. The lowest BCUT2D eigenvalue weighted by Crippen LogP contribution is -2.52. The summed E-state index contributed by atoms with van der Waals surface area (Å²) in [6.07, 6.45) is 21.6. The number of quaternary nitrogens is 1. The minimum absolute atomic E-state index is 0.00488. The van der Waals surface area contributed by atoms with Crippen molar-refractivity contribution in [3.05, 3.63) is 0 Å². The van der Waals surface area contributed by atoms with Crippen molar-refractivity contribution in [3.63, 3.8) is 0 Å². The fraction of sp³-hybridized carbons (Fsp3) is 1.00. The fourth-order valence-electron chi connectivity index (χ4n) is 5.14. The van der Waals surface area contributed by atoms with Crippen LogP contribution in [0.5, 0.6) is 0 Å². The first-order valence-corrected chi connectivity index (χ1v) is 20.6. The van der Waals surface area contributed by atoms with Gasteiger partial charge in [-0.2, -0.15) is 0 Å². The summed E-state index contributed by atoms with van der Waals surface area (Å²) in [5, 5.41) is 29.7. The highest BCUT2D eigenvalue weighted by Crippen LogP contribution is 2.29. The topological polar surface area (TPSA) is 88.4 Å². The predicted octanol–water partition coefficient (Wildman–Crippen LogP) is 8.37. The van der Waals surface area contributed by atoms with Crippen LogP contribution in [0.4, 0.5) is 0 Å². The second kappa shape index (κ2) is 24.1. The van der Waals surface area contributed by atoms with E-state index in [1.54, 1.807) is 0 Å². The molecule has 0 atom stereocenters. The monoisotopic (exact) mass is 663 g/mol. The van der Waals surface area contributed by atoms with E-state index in [9.17, 15) is 15.3 Å². The van der Waals surface area contributed by atoms with Gasteiger partial charge in [-0.1, -0.05) is 132 Å². The van der Waals surface area contributed by atoms with Gasteiger partial charge in [0.05, 0.1) is 47.0 Å². The highest BCUT2D eigenvalue weighted by Gasteiger charge is 2.45. The summed E-state index contributed by atoms with van der Waals surface area (Å²) < 4.78 is 20.6. The van der Waals surface area contributed by atoms with Gasteiger partial charge in [-0.3, -0.25) is 0 Å². The minimum atomic E-state index is -3.19. The van der Waals surface area contributed by atoms with Gasteiger partial charge in [-0.15, -0.1) is 0 Å². The molecule has 0 amide bonds. The van der Waals surface area contributed by atoms with Crippen LogP contribution in [0.2, 0.25) is 6.04 Å². The highest BCUT2D eigenvalue weighted by atomic mass is 28.4. The number of unbranched alkanes of at least 4 members (excludes halogenated alkanes) is 14. The molecule has 0 aliphatic carbocycles. The molecule has 0 heterocycles. The second-order valence-corrected chi connectivity index (χ2v) is 19.7. The molecule has 0 saturated heterocycles. The molecule has 45 heavy (non-hydrogen) atoms. The maximum atomic E-state index is 9.88. The van der Waals surface area contributed by atoms with E-state index in [1.807, 2.05) is 41.5 Å². The zero-order valence-electron chi connectivity index (χ0n) is 31.7. The maximum Gasteiger partial charge on any atom is 0.501 e. The molecule has 0 saturated carbocycles. The summed E-state index contributed by atoms with van der Waals surface area (Å²) in [6, 6.07) is 0.665. The van der Waals surface area contributed by atoms with Crippen LogP contribution in [0.1, 0.15) is 151 Å². The first kappa shape index (κ1) is 44.9. The van der Waals surface area contributed by atoms with Gasteiger partial charge < -0.3 is 33.1 Å². The van der Waals surface area contributed by atoms with Crippen LogP contribution in [0.15, 0.2) is 0 Å². The van der Waals surface area contributed by atoms with E-state index in [-0.39, 0.29) is 19.8 Å². The summed E-state index contributed by atoms with van der Waals surface area (Å²) in [5.74, 6) is 0. The van der Waals surface area contributed by atoms with Gasteiger partial charge in [0.1, 0.15) is 0 Å². The number of aliphatic hydroxyl groups is 3. The van der Waals surface area contributed by atoms with Crippen LogP contribution < -0.4 is 0 Å². The Bertz CT molecular complexity index is 650. The lowest BCUT2D eigenvalue weighted by molar-refractivity contribution is -0.890. The van der Waals surface area contributed by atoms with Crippen molar-refractivity contribution in [2.45, 2.75) is 157 Å². The van der Waals surface area contributed by atoms with Gasteiger partial charge in [0.15, 0.2) is 0 Å². The van der Waals surface area contributed by atoms with Crippen molar-refractivity contribution in [2.24, 2.45) is 16.2 Å². The maximum absolute atomic E-state index is 9.88. The van der Waals surface area contributed by atoms with Crippen LogP contribution in [0, 0.1) is 16.2 Å². The largest absolute Gasteiger partial charge is 0.501 e. The van der Waals surface area contributed by atoms with Gasteiger partial charge in [0.2, 0.25) is 0 Å². The molecule has 0 aromatic rings. The zero-order chi connectivity index (χ0) is 34.3. The second-order valence-electron chi connectivity index (χ2n) is 17.0. The Hall–Kier alpha value is -0.0631. The molecule has 0 unspecified atom stereocenters. The van der Waals surface area contributed by atoms with Crippen molar-refractivity contribution >= 4 is 8.80 Å². The van der Waals surface area contributed by atoms with Crippen molar-refractivity contribution < 1.29 is 33.1 Å². The Balaban J connectivity index is 4.75. The summed E-state index contributed by atoms with van der Waals surface area (Å²) in [5.41, 5.74) is -1.27. The van der Waals surface area contributed by atoms with Crippen molar-refractivity contribution in [3.8, 4) is 0 Å². The van der Waals surface area contributed by atoms with Gasteiger partial charge in [0.25, 0.3) is 0 Å². The van der Waals surface area contributed by atoms with Crippen LogP contribution in [-0.2, 0) is 13.3 Å². The van der Waals surface area contributed by atoms with Gasteiger partial charge in [-0.05, 0) is 12.8 Å². The smallest absolute Gasteiger partial charge is 0.396 e. The molecule has 0 fully saturated rings. The molecule has 0 aliphatic rings. The third-order valence-electron chi connectivity index (χ3n) is 8.95. The molecule has 272 valence electrons. The van der Waals surface area contributed by atoms with E-state index in [1.165, 1.54) is 96.3 Å². The first-order valence-electron chi connectivity index (χ1n) is 18.6. The average molecular weight is 663 g/mol. The number of hydrogen-bond acceptors (Lipinski definition) is 6.